The maximum absolute atomic E-state index is 9.99. The first-order valence-corrected chi connectivity index (χ1v) is 40.8. The van der Waals surface area contributed by atoms with Crippen LogP contribution in [0.15, 0.2) is 330 Å². The number of anilines is 6. The van der Waals surface area contributed by atoms with Gasteiger partial charge in [-0.3, -0.25) is 0 Å². The monoisotopic (exact) mass is 1580 g/mol. The molecule has 0 amide bonds. The standard InChI is InChI=1S/C112H89BN6O2/c1-109(2,3)68-49-55-94-84(62-68)85-63-69(110(4,5)6)50-56-95(85)117(94)97-46-26-36-81-83-38-28-48-99(108(83)121-106(81)97)119-101-65-73(115-90-41-21-15-31-76(90)77-32-16-22-42-91(77)115)52-54-87(101)113-86-53-51-72(114-88-39-19-13-29-74(88)75-30-14-20-40-89(75)114)64-100(86)118(102-59-67(60-103(119)104(102)113)66-57-70(111(7,8)9)61-71(58-66)112(10,11)12)98-47-27-37-82-80-35-25-45-96(105(80)120-107(82)98)116-92-43-23-17-33-78(92)79-34-18-24-44-93(79)116/h13-65H,1-12H3/i13D,14D,15D,16D,17D,18D,19D,20D,21D,22D,23D,24D,29D,30D,31D,32D,33D,34D,39D,40D,41D,42D,43D,44D. The third-order valence-electron chi connectivity index (χ3n) is 25.1. The molecule has 0 saturated carbocycles. The zero-order valence-corrected chi connectivity index (χ0v) is 68.3. The summed E-state index contributed by atoms with van der Waals surface area (Å²) in [5.41, 5.74) is 12.0. The van der Waals surface area contributed by atoms with Crippen molar-refractivity contribution in [3.05, 3.63) is 343 Å². The highest BCUT2D eigenvalue weighted by Gasteiger charge is 2.46. The van der Waals surface area contributed by atoms with Crippen LogP contribution in [0.25, 0.3) is 165 Å². The second kappa shape index (κ2) is 25.3. The topological polar surface area (TPSA) is 52.5 Å². The third kappa shape index (κ3) is 10.4. The van der Waals surface area contributed by atoms with E-state index in [2.05, 4.69) is 165 Å². The lowest BCUT2D eigenvalue weighted by Crippen LogP contribution is -2.61. The van der Waals surface area contributed by atoms with Crippen LogP contribution in [-0.4, -0.2) is 25.0 Å². The predicted molar refractivity (Wildman–Crippen MR) is 513 cm³/mol. The molecule has 0 fully saturated rings. The molecule has 16 aromatic carbocycles. The lowest BCUT2D eigenvalue weighted by molar-refractivity contribution is 0.569. The number of hydrogen-bond acceptors (Lipinski definition) is 4. The van der Waals surface area contributed by atoms with Crippen LogP contribution < -0.4 is 26.2 Å². The highest BCUT2D eigenvalue weighted by Crippen LogP contribution is 2.54. The van der Waals surface area contributed by atoms with Gasteiger partial charge in [-0.1, -0.05) is 283 Å². The van der Waals surface area contributed by atoms with E-state index in [0.29, 0.717) is 83.4 Å². The highest BCUT2D eigenvalue weighted by molar-refractivity contribution is 7.00. The Morgan fingerprint density at radius 2 is 0.545 bits per heavy atom. The van der Waals surface area contributed by atoms with E-state index < -0.39 is 163 Å². The Balaban J connectivity index is 0.877. The summed E-state index contributed by atoms with van der Waals surface area (Å²) >= 11 is 0. The van der Waals surface area contributed by atoms with Crippen LogP contribution in [0.3, 0.4) is 0 Å². The average molecular weight is 1590 g/mol. The molecule has 0 bridgehead atoms. The molecule has 0 N–H and O–H groups in total. The largest absolute Gasteiger partial charge is 0.452 e. The second-order valence-corrected chi connectivity index (χ2v) is 36.3. The Labute approximate surface area is 736 Å². The summed E-state index contributed by atoms with van der Waals surface area (Å²) in [5, 5.41) is 3.51. The average Bonchev–Trinajstić information content (AvgIpc) is 1.63. The Morgan fingerprint density at radius 1 is 0.240 bits per heavy atom. The SMILES string of the molecule is [2H]c1c([2H])c([2H])c2c(c1[2H])c1c([2H])c([2H])c([2H])c([2H])c1n2-c1ccc2c(c1)N(c1cccc3c1oc1c(-n4c5ccc(C(C)(C)C)cc5c5cc(C(C)(C)C)ccc54)cccc13)c1cc(-c3cc(C(C)(C)C)cc(C(C)(C)C)c3)cc3c1B2c1ccc(-n2c4c([2H])c([2H])c([2H])c([2H])c4c4c([2H])c([2H])c([2H])c([2H])c42)cc1N3c1cccc2c1oc1c(-n3c4c([2H])c([2H])c([2H])c([2H])c4c4c([2H])c([2H])c([2H])c([2H])c43)cccc12. The molecule has 8 nitrogen and oxygen atoms in total. The smallest absolute Gasteiger partial charge is 0.252 e. The summed E-state index contributed by atoms with van der Waals surface area (Å²) in [7, 11) is 0. The third-order valence-corrected chi connectivity index (χ3v) is 25.1. The van der Waals surface area contributed by atoms with Gasteiger partial charge in [-0.2, -0.15) is 0 Å². The van der Waals surface area contributed by atoms with Gasteiger partial charge in [0.2, 0.25) is 0 Å². The fourth-order valence-corrected chi connectivity index (χ4v) is 19.1. The normalized spacial score (nSPS) is 16.2. The Morgan fingerprint density at radius 3 is 0.893 bits per heavy atom. The van der Waals surface area contributed by atoms with Gasteiger partial charge in [0.1, 0.15) is 0 Å². The van der Waals surface area contributed by atoms with Crippen molar-refractivity contribution in [1.82, 2.24) is 18.3 Å². The zero-order chi connectivity index (χ0) is 103. The van der Waals surface area contributed by atoms with E-state index >= 15 is 0 Å². The van der Waals surface area contributed by atoms with Crippen molar-refractivity contribution < 1.29 is 41.7 Å². The minimum Gasteiger partial charge on any atom is -0.452 e. The summed E-state index contributed by atoms with van der Waals surface area (Å²) in [4.78, 5) is 4.16. The van der Waals surface area contributed by atoms with Gasteiger partial charge in [0.15, 0.2) is 22.3 Å². The molecule has 0 saturated heterocycles. The van der Waals surface area contributed by atoms with Crippen molar-refractivity contribution in [2.45, 2.75) is 105 Å². The van der Waals surface area contributed by atoms with Gasteiger partial charge < -0.3 is 36.9 Å². The van der Waals surface area contributed by atoms with Crippen LogP contribution in [0.1, 0.15) is 138 Å². The minimum absolute atomic E-state index is 0.111. The van der Waals surface area contributed by atoms with Gasteiger partial charge in [0, 0.05) is 98.8 Å². The predicted octanol–water partition coefficient (Wildman–Crippen LogP) is 28.8. The van der Waals surface area contributed by atoms with Crippen LogP contribution >= 0.6 is 0 Å². The van der Waals surface area contributed by atoms with Crippen molar-refractivity contribution in [1.29, 1.82) is 0 Å². The first-order valence-electron chi connectivity index (χ1n) is 52.8. The number of para-hydroxylation sites is 10. The van der Waals surface area contributed by atoms with Crippen molar-refractivity contribution >= 4 is 188 Å². The van der Waals surface area contributed by atoms with Crippen molar-refractivity contribution in [2.75, 3.05) is 9.80 Å². The van der Waals surface area contributed by atoms with Crippen LogP contribution in [0.4, 0.5) is 34.1 Å². The molecule has 0 atom stereocenters. The number of fused-ring (bicyclic) bond motifs is 22. The molecule has 0 spiro atoms. The summed E-state index contributed by atoms with van der Waals surface area (Å²) in [6, 6.07) is 43.9. The van der Waals surface area contributed by atoms with Gasteiger partial charge in [-0.05, 0) is 193 Å². The molecule has 24 rings (SSSR count). The molecular formula is C112H89BN6O2. The quantitative estimate of drug-likeness (QED) is 0.149. The number of hydrogen-bond donors (Lipinski definition) is 0. The van der Waals surface area contributed by atoms with Gasteiger partial charge in [0.05, 0.1) is 99.8 Å². The molecule has 8 heterocycles. The van der Waals surface area contributed by atoms with Crippen LogP contribution in [0, 0.1) is 0 Å². The molecule has 2 aliphatic rings. The van der Waals surface area contributed by atoms with Crippen LogP contribution in [-0.2, 0) is 21.7 Å². The van der Waals surface area contributed by atoms with Gasteiger partial charge in [-0.25, -0.2) is 0 Å². The van der Waals surface area contributed by atoms with Crippen molar-refractivity contribution in [3.8, 4) is 33.9 Å². The second-order valence-electron chi connectivity index (χ2n) is 36.3. The van der Waals surface area contributed by atoms with Crippen LogP contribution in [0.2, 0.25) is 0 Å². The van der Waals surface area contributed by atoms with Gasteiger partial charge in [-0.15, -0.1) is 0 Å². The van der Waals surface area contributed by atoms with E-state index in [1.165, 1.54) is 13.7 Å². The number of benzene rings is 16. The molecule has 582 valence electrons. The molecule has 6 aromatic heterocycles. The van der Waals surface area contributed by atoms with E-state index in [4.69, 9.17) is 11.6 Å². The number of aromatic nitrogens is 4. The summed E-state index contributed by atoms with van der Waals surface area (Å²) in [5.74, 6) is 0. The lowest BCUT2D eigenvalue weighted by Gasteiger charge is -2.44. The van der Waals surface area contributed by atoms with E-state index in [9.17, 15) is 30.2 Å². The maximum Gasteiger partial charge on any atom is 0.252 e. The van der Waals surface area contributed by atoms with Crippen molar-refractivity contribution in [2.24, 2.45) is 0 Å². The van der Waals surface area contributed by atoms with Gasteiger partial charge in [0.25, 0.3) is 6.71 Å². The Bertz CT molecular complexity index is 9240. The van der Waals surface area contributed by atoms with E-state index in [-0.39, 0.29) is 104 Å². The lowest BCUT2D eigenvalue weighted by atomic mass is 9.33. The Hall–Kier alpha value is -14.0. The first-order chi connectivity index (χ1) is 68.5. The number of furan rings is 2. The van der Waals surface area contributed by atoms with E-state index in [1.54, 1.807) is 24.3 Å². The summed E-state index contributed by atoms with van der Waals surface area (Å²) in [6.07, 6.45) is 0. The van der Waals surface area contributed by atoms with E-state index in [1.807, 2.05) is 83.8 Å². The zero-order valence-electron chi connectivity index (χ0n) is 92.3. The number of rotatable bonds is 7. The van der Waals surface area contributed by atoms with Crippen LogP contribution in [0.5, 0.6) is 0 Å². The van der Waals surface area contributed by atoms with E-state index in [0.717, 1.165) is 60.7 Å². The molecular weight excluding hydrogens is 1470 g/mol. The molecule has 9 heteroatoms. The molecule has 22 aromatic rings. The minimum atomic E-state index is -0.975. The molecule has 121 heavy (non-hydrogen) atoms. The summed E-state index contributed by atoms with van der Waals surface area (Å²) < 4.78 is 250. The highest BCUT2D eigenvalue weighted by atomic mass is 16.3. The molecule has 2 aliphatic heterocycles. The Kier molecular flexibility index (Phi) is 10.6. The molecule has 0 unspecified atom stereocenters. The number of nitrogens with zero attached hydrogens (tertiary/aromatic N) is 6. The summed E-state index contributed by atoms with van der Waals surface area (Å²) in [6.45, 7) is 25.2. The fraction of sp³-hybridized carbons (Fsp3) is 0.143. The van der Waals surface area contributed by atoms with Gasteiger partial charge >= 0.3 is 0 Å². The molecule has 0 aliphatic carbocycles. The maximum atomic E-state index is 9.99. The fourth-order valence-electron chi connectivity index (χ4n) is 19.1. The molecule has 0 radical (unpaired) electrons. The van der Waals surface area contributed by atoms with Crippen molar-refractivity contribution in [3.63, 3.8) is 0 Å². The first kappa shape index (κ1) is 50.7.